The molecule has 0 spiro atoms. The first-order chi connectivity index (χ1) is 22.5. The minimum absolute atomic E-state index is 0.0711. The summed E-state index contributed by atoms with van der Waals surface area (Å²) in [4.78, 5) is 21.6. The van der Waals surface area contributed by atoms with Gasteiger partial charge in [-0.2, -0.15) is 10.2 Å². The van der Waals surface area contributed by atoms with Crippen LogP contribution in [0.25, 0.3) is 5.69 Å². The molecule has 0 radical (unpaired) electrons. The van der Waals surface area contributed by atoms with E-state index in [1.165, 1.54) is 58.3 Å². The van der Waals surface area contributed by atoms with Gasteiger partial charge in [-0.1, -0.05) is 18.2 Å². The predicted octanol–water partition coefficient (Wildman–Crippen LogP) is 4.85. The molecular weight excluding hydrogens is 623 g/mol. The van der Waals surface area contributed by atoms with Gasteiger partial charge in [0.1, 0.15) is 36.4 Å². The van der Waals surface area contributed by atoms with E-state index in [0.29, 0.717) is 23.4 Å². The van der Waals surface area contributed by atoms with Crippen LogP contribution in [0.1, 0.15) is 24.0 Å². The van der Waals surface area contributed by atoms with Crippen molar-refractivity contribution in [3.05, 3.63) is 119 Å². The van der Waals surface area contributed by atoms with E-state index in [9.17, 15) is 26.7 Å². The summed E-state index contributed by atoms with van der Waals surface area (Å²) in [6, 6.07) is 16.4. The van der Waals surface area contributed by atoms with Gasteiger partial charge in [0, 0.05) is 49.9 Å². The SMILES string of the molecule is C[C@H]([C@@H](Cn1cncn1)c1ccc(F)cc1F)N1CCN(c2ccc(-n3cnn(Cc4ccc(OC(F)(F)F)cc4)c3=O)cc2)CC1. The van der Waals surface area contributed by atoms with Crippen molar-refractivity contribution in [2.75, 3.05) is 31.1 Å². The van der Waals surface area contributed by atoms with Crippen LogP contribution >= 0.6 is 0 Å². The first kappa shape index (κ1) is 31.9. The zero-order valence-corrected chi connectivity index (χ0v) is 25.3. The first-order valence-corrected chi connectivity index (χ1v) is 14.9. The van der Waals surface area contributed by atoms with Crippen LogP contribution in [0.5, 0.6) is 5.75 Å². The zero-order valence-electron chi connectivity index (χ0n) is 25.3. The fraction of sp³-hybridized carbons (Fsp3) is 0.312. The molecule has 2 atom stereocenters. The van der Waals surface area contributed by atoms with E-state index in [0.717, 1.165) is 37.9 Å². The molecule has 1 fully saturated rings. The van der Waals surface area contributed by atoms with E-state index in [2.05, 4.69) is 29.7 Å². The van der Waals surface area contributed by atoms with Crippen LogP contribution in [-0.4, -0.2) is 72.6 Å². The summed E-state index contributed by atoms with van der Waals surface area (Å²) in [7, 11) is 0. The third-order valence-corrected chi connectivity index (χ3v) is 8.40. The molecule has 0 amide bonds. The number of piperazine rings is 1. The van der Waals surface area contributed by atoms with Crippen molar-refractivity contribution in [1.82, 2.24) is 34.0 Å². The Hall–Kier alpha value is -5.05. The first-order valence-electron chi connectivity index (χ1n) is 14.9. The number of alkyl halides is 3. The Labute approximate surface area is 266 Å². The average Bonchev–Trinajstić information content (AvgIpc) is 3.70. The topological polar surface area (TPSA) is 86.2 Å². The molecule has 0 unspecified atom stereocenters. The van der Waals surface area contributed by atoms with E-state index in [4.69, 9.17) is 0 Å². The monoisotopic (exact) mass is 654 g/mol. The fourth-order valence-electron chi connectivity index (χ4n) is 5.90. The zero-order chi connectivity index (χ0) is 33.1. The Balaban J connectivity index is 1.08. The lowest BCUT2D eigenvalue weighted by atomic mass is 9.90. The molecule has 3 heterocycles. The molecule has 1 aliphatic rings. The normalized spacial score (nSPS) is 15.5. The van der Waals surface area contributed by atoms with Crippen molar-refractivity contribution in [2.24, 2.45) is 0 Å². The van der Waals surface area contributed by atoms with Crippen molar-refractivity contribution in [1.29, 1.82) is 0 Å². The molecule has 0 aliphatic carbocycles. The minimum Gasteiger partial charge on any atom is -0.406 e. The van der Waals surface area contributed by atoms with Gasteiger partial charge in [-0.05, 0) is 60.5 Å². The van der Waals surface area contributed by atoms with Crippen molar-refractivity contribution in [3.63, 3.8) is 0 Å². The van der Waals surface area contributed by atoms with E-state index >= 15 is 0 Å². The number of anilines is 1. The highest BCUT2D eigenvalue weighted by atomic mass is 19.4. The number of hydrogen-bond acceptors (Lipinski definition) is 7. The minimum atomic E-state index is -4.78. The van der Waals surface area contributed by atoms with Gasteiger partial charge in [0.25, 0.3) is 0 Å². The molecule has 246 valence electrons. The van der Waals surface area contributed by atoms with Gasteiger partial charge in [0.15, 0.2) is 0 Å². The molecule has 0 saturated carbocycles. The number of benzene rings is 3. The van der Waals surface area contributed by atoms with Gasteiger partial charge in [0.2, 0.25) is 0 Å². The molecule has 3 aromatic carbocycles. The van der Waals surface area contributed by atoms with Crippen molar-refractivity contribution < 1.29 is 26.7 Å². The third-order valence-electron chi connectivity index (χ3n) is 8.40. The Morgan fingerprint density at radius 1 is 0.872 bits per heavy atom. The van der Waals surface area contributed by atoms with E-state index < -0.39 is 23.7 Å². The van der Waals surface area contributed by atoms with Crippen LogP contribution in [-0.2, 0) is 13.1 Å². The average molecular weight is 655 g/mol. The lowest BCUT2D eigenvalue weighted by Gasteiger charge is -2.42. The lowest BCUT2D eigenvalue weighted by molar-refractivity contribution is -0.274. The summed E-state index contributed by atoms with van der Waals surface area (Å²) < 4.78 is 74.0. The lowest BCUT2D eigenvalue weighted by Crippen LogP contribution is -2.51. The molecule has 47 heavy (non-hydrogen) atoms. The number of ether oxygens (including phenoxy) is 1. The summed E-state index contributed by atoms with van der Waals surface area (Å²) >= 11 is 0. The van der Waals surface area contributed by atoms with Gasteiger partial charge in [-0.25, -0.2) is 27.8 Å². The van der Waals surface area contributed by atoms with E-state index in [-0.39, 0.29) is 24.3 Å². The van der Waals surface area contributed by atoms with Crippen molar-refractivity contribution >= 4 is 5.69 Å². The van der Waals surface area contributed by atoms with E-state index in [1.54, 1.807) is 11.0 Å². The van der Waals surface area contributed by atoms with Gasteiger partial charge < -0.3 is 9.64 Å². The van der Waals surface area contributed by atoms with Crippen LogP contribution in [0.2, 0.25) is 0 Å². The summed E-state index contributed by atoms with van der Waals surface area (Å²) in [5.41, 5.74) is 2.21. The molecule has 0 bridgehead atoms. The van der Waals surface area contributed by atoms with Gasteiger partial charge >= 0.3 is 12.1 Å². The highest BCUT2D eigenvalue weighted by molar-refractivity contribution is 5.51. The largest absolute Gasteiger partial charge is 0.573 e. The van der Waals surface area contributed by atoms with Gasteiger partial charge in [0.05, 0.1) is 18.8 Å². The molecule has 0 N–H and O–H groups in total. The Morgan fingerprint density at radius 2 is 1.57 bits per heavy atom. The number of halogens is 5. The number of nitrogens with zero attached hydrogens (tertiary/aromatic N) is 8. The van der Waals surface area contributed by atoms with Gasteiger partial charge in [-0.3, -0.25) is 9.58 Å². The smallest absolute Gasteiger partial charge is 0.406 e. The van der Waals surface area contributed by atoms with Crippen LogP contribution in [0.4, 0.5) is 27.6 Å². The predicted molar refractivity (Wildman–Crippen MR) is 162 cm³/mol. The number of rotatable bonds is 10. The quantitative estimate of drug-likeness (QED) is 0.199. The van der Waals surface area contributed by atoms with Crippen LogP contribution in [0.15, 0.2) is 90.5 Å². The maximum absolute atomic E-state index is 14.9. The molecule has 1 aliphatic heterocycles. The standard InChI is InChI=1S/C32H31F5N8O2/c1-22(29(18-43-20-38-19-39-43)28-11-4-24(33)16-30(28)34)41-12-14-42(15-13-41)25-5-7-26(8-6-25)44-21-40-45(31(44)46)17-23-2-9-27(10-3-23)47-32(35,36)37/h2-11,16,19-22,29H,12-15,17-18H2,1H3/t22-,29-/m1/s1. The maximum Gasteiger partial charge on any atom is 0.573 e. The second-order valence-electron chi connectivity index (χ2n) is 11.3. The Morgan fingerprint density at radius 3 is 2.21 bits per heavy atom. The van der Waals surface area contributed by atoms with Crippen LogP contribution in [0, 0.1) is 11.6 Å². The molecule has 1 saturated heterocycles. The molecule has 2 aromatic heterocycles. The molecular formula is C32H31F5N8O2. The van der Waals surface area contributed by atoms with Crippen molar-refractivity contribution in [2.45, 2.75) is 38.3 Å². The van der Waals surface area contributed by atoms with Crippen LogP contribution < -0.4 is 15.3 Å². The summed E-state index contributed by atoms with van der Waals surface area (Å²) in [6.07, 6.45) is -0.367. The number of hydrogen-bond donors (Lipinski definition) is 0. The summed E-state index contributed by atoms with van der Waals surface area (Å²) in [6.45, 7) is 5.39. The molecule has 10 nitrogen and oxygen atoms in total. The Kier molecular flexibility index (Phi) is 9.07. The van der Waals surface area contributed by atoms with Crippen LogP contribution in [0.3, 0.4) is 0 Å². The van der Waals surface area contributed by atoms with E-state index in [1.807, 2.05) is 31.2 Å². The molecule has 6 rings (SSSR count). The number of aromatic nitrogens is 6. The molecule has 5 aromatic rings. The third kappa shape index (κ3) is 7.51. The maximum atomic E-state index is 14.9. The second kappa shape index (κ2) is 13.4. The van der Waals surface area contributed by atoms with Gasteiger partial charge in [-0.15, -0.1) is 13.2 Å². The summed E-state index contributed by atoms with van der Waals surface area (Å²) in [5, 5.41) is 8.36. The van der Waals surface area contributed by atoms with Crippen molar-refractivity contribution in [3.8, 4) is 11.4 Å². The Bertz CT molecular complexity index is 1830. The highest BCUT2D eigenvalue weighted by Crippen LogP contribution is 2.30. The molecule has 15 heteroatoms. The highest BCUT2D eigenvalue weighted by Gasteiger charge is 2.32. The second-order valence-corrected chi connectivity index (χ2v) is 11.3. The summed E-state index contributed by atoms with van der Waals surface area (Å²) in [5.74, 6) is -1.84. The fourth-order valence-corrected chi connectivity index (χ4v) is 5.90.